The standard InChI is InChI=1S/C49H78N6O6/c1-6-10-14-18-22-26-30-54(31-27-23-19-15-11-7-2)42-36-50-40(34-51-42)45-47(58)46(48(45)59)41-35-52-49(39(5)53-41)55(37-43(56)60-32-28-24-20-16-12-8-3)38-44(57)61-33-29-25-21-17-13-9-4/h34-36H,6-33,37-38H2,1-5H3. The Morgan fingerprint density at radius 1 is 0.623 bits per heavy atom. The quantitative estimate of drug-likeness (QED) is 0.0286. The number of aromatic nitrogens is 2. The molecule has 0 atom stereocenters. The number of allylic oxidation sites excluding steroid dienone is 3. The lowest BCUT2D eigenvalue weighted by atomic mass is 9.84. The van der Waals surface area contributed by atoms with Crippen molar-refractivity contribution in [3.8, 4) is 0 Å². The van der Waals surface area contributed by atoms with Crippen LogP contribution in [0.4, 0.5) is 5.82 Å². The largest absolute Gasteiger partial charge is 0.871 e. The zero-order valence-corrected chi connectivity index (χ0v) is 38.6. The number of carbonyl (C=O) groups excluding carboxylic acids is 3. The van der Waals surface area contributed by atoms with Gasteiger partial charge in [-0.1, -0.05) is 162 Å². The van der Waals surface area contributed by atoms with Gasteiger partial charge in [0.1, 0.15) is 17.2 Å². The average Bonchev–Trinajstić information content (AvgIpc) is 3.25. The minimum atomic E-state index is -0.486. The Kier molecular flexibility index (Phi) is 25.8. The number of ether oxygens (including phenoxy) is 2. The number of amidine groups is 1. The fourth-order valence-corrected chi connectivity index (χ4v) is 7.63. The molecule has 0 radical (unpaired) electrons. The third kappa shape index (κ3) is 18.7. The van der Waals surface area contributed by atoms with Crippen LogP contribution in [0.1, 0.15) is 194 Å². The van der Waals surface area contributed by atoms with Crippen LogP contribution in [0.25, 0.3) is 5.57 Å². The van der Waals surface area contributed by atoms with Crippen LogP contribution in [-0.2, 0) is 23.9 Å². The maximum absolute atomic E-state index is 13.5. The van der Waals surface area contributed by atoms with Gasteiger partial charge in [-0.15, -0.1) is 0 Å². The van der Waals surface area contributed by atoms with Gasteiger partial charge in [-0.3, -0.25) is 9.78 Å². The molecule has 12 heteroatoms. The summed E-state index contributed by atoms with van der Waals surface area (Å²) in [4.78, 5) is 60.2. The molecule has 2 aliphatic rings. The second-order valence-corrected chi connectivity index (χ2v) is 16.7. The highest BCUT2D eigenvalue weighted by atomic mass is 16.5. The monoisotopic (exact) mass is 847 g/mol. The van der Waals surface area contributed by atoms with Gasteiger partial charge in [0.2, 0.25) is 0 Å². The first-order chi connectivity index (χ1) is 29.7. The highest BCUT2D eigenvalue weighted by molar-refractivity contribution is 6.44. The van der Waals surface area contributed by atoms with E-state index < -0.39 is 23.5 Å². The molecule has 61 heavy (non-hydrogen) atoms. The lowest BCUT2D eigenvalue weighted by Gasteiger charge is -2.30. The summed E-state index contributed by atoms with van der Waals surface area (Å²) >= 11 is 0. The summed E-state index contributed by atoms with van der Waals surface area (Å²) in [5, 5.41) is 13.5. The van der Waals surface area contributed by atoms with Gasteiger partial charge in [-0.05, 0) is 37.6 Å². The van der Waals surface area contributed by atoms with Crippen molar-refractivity contribution < 1.29 is 33.5 Å². The molecule has 1 aliphatic heterocycles. The Balaban J connectivity index is 1.74. The molecular formula is C49H78N6O6. The molecule has 12 nitrogen and oxygen atoms in total. The summed E-state index contributed by atoms with van der Waals surface area (Å²) in [7, 11) is 0. The van der Waals surface area contributed by atoms with E-state index in [9.17, 15) is 19.5 Å². The first-order valence-corrected chi connectivity index (χ1v) is 24.1. The van der Waals surface area contributed by atoms with Crippen LogP contribution < -0.4 is 10.0 Å². The maximum atomic E-state index is 13.5. The Morgan fingerprint density at radius 3 is 1.51 bits per heavy atom. The van der Waals surface area contributed by atoms with Crippen LogP contribution in [-0.4, -0.2) is 89.4 Å². The average molecular weight is 847 g/mol. The van der Waals surface area contributed by atoms with Crippen molar-refractivity contribution in [3.63, 3.8) is 0 Å². The van der Waals surface area contributed by atoms with Crippen molar-refractivity contribution in [2.75, 3.05) is 44.3 Å². The Bertz CT molecular complexity index is 1600. The number of anilines is 1. The fourth-order valence-electron chi connectivity index (χ4n) is 7.63. The van der Waals surface area contributed by atoms with Crippen LogP contribution in [0.2, 0.25) is 0 Å². The Labute approximate surface area is 367 Å². The van der Waals surface area contributed by atoms with Gasteiger partial charge >= 0.3 is 17.8 Å². The van der Waals surface area contributed by atoms with Crippen molar-refractivity contribution in [3.05, 3.63) is 35.1 Å². The van der Waals surface area contributed by atoms with Crippen LogP contribution in [0.15, 0.2) is 39.4 Å². The van der Waals surface area contributed by atoms with E-state index in [1.807, 2.05) is 0 Å². The minimum absolute atomic E-state index is 0.0150. The molecule has 1 aromatic heterocycles. The predicted molar refractivity (Wildman–Crippen MR) is 245 cm³/mol. The summed E-state index contributed by atoms with van der Waals surface area (Å²) in [5.74, 6) is -0.861. The van der Waals surface area contributed by atoms with Gasteiger partial charge in [-0.25, -0.2) is 24.1 Å². The van der Waals surface area contributed by atoms with Gasteiger partial charge in [0, 0.05) is 24.2 Å². The molecule has 0 saturated heterocycles. The van der Waals surface area contributed by atoms with E-state index in [4.69, 9.17) is 14.5 Å². The van der Waals surface area contributed by atoms with Crippen LogP contribution in [0.3, 0.4) is 0 Å². The molecule has 0 N–H and O–H groups in total. The molecule has 2 heterocycles. The third-order valence-corrected chi connectivity index (χ3v) is 11.3. The zero-order valence-electron chi connectivity index (χ0n) is 38.6. The molecule has 1 aliphatic carbocycles. The number of nitrogens with zero attached hydrogens (tertiary/aromatic N) is 6. The number of ketones is 1. The second-order valence-electron chi connectivity index (χ2n) is 16.7. The number of unbranched alkanes of at least 4 members (excludes halogenated alkanes) is 20. The van der Waals surface area contributed by atoms with E-state index in [1.54, 1.807) is 13.1 Å². The maximum Gasteiger partial charge on any atom is 0.348 e. The van der Waals surface area contributed by atoms with E-state index in [1.165, 1.54) is 120 Å². The van der Waals surface area contributed by atoms with Crippen LogP contribution >= 0.6 is 0 Å². The normalized spacial score (nSPS) is 14.9. The van der Waals surface area contributed by atoms with Gasteiger partial charge in [0.15, 0.2) is 25.1 Å². The summed E-state index contributed by atoms with van der Waals surface area (Å²) in [6.07, 6.45) is 31.9. The molecular weight excluding hydrogens is 769 g/mol. The fraction of sp³-hybridized carbons (Fsp3) is 0.714. The summed E-state index contributed by atoms with van der Waals surface area (Å²) in [5.41, 5.74) is 0.641. The molecule has 0 spiro atoms. The van der Waals surface area contributed by atoms with Crippen molar-refractivity contribution >= 4 is 46.9 Å². The van der Waals surface area contributed by atoms with Gasteiger partial charge < -0.3 is 19.5 Å². The topological polar surface area (TPSA) is 149 Å². The highest BCUT2D eigenvalue weighted by Gasteiger charge is 2.35. The lowest BCUT2D eigenvalue weighted by molar-refractivity contribution is -0.508. The van der Waals surface area contributed by atoms with Crippen molar-refractivity contribution in [1.29, 1.82) is 0 Å². The van der Waals surface area contributed by atoms with Gasteiger partial charge in [0.25, 0.3) is 0 Å². The van der Waals surface area contributed by atoms with Crippen LogP contribution in [0, 0.1) is 0 Å². The highest BCUT2D eigenvalue weighted by Crippen LogP contribution is 2.36. The summed E-state index contributed by atoms with van der Waals surface area (Å²) in [6, 6.07) is 0. The molecule has 0 aromatic carbocycles. The third-order valence-electron chi connectivity index (χ3n) is 11.3. The second kappa shape index (κ2) is 30.8. The molecule has 0 fully saturated rings. The minimum Gasteiger partial charge on any atom is -0.871 e. The van der Waals surface area contributed by atoms with Crippen molar-refractivity contribution in [2.45, 2.75) is 189 Å². The summed E-state index contributed by atoms with van der Waals surface area (Å²) < 4.78 is 12.6. The number of esters is 2. The van der Waals surface area contributed by atoms with Crippen molar-refractivity contribution in [1.82, 2.24) is 9.97 Å². The van der Waals surface area contributed by atoms with Crippen molar-refractivity contribution in [2.24, 2.45) is 9.98 Å². The number of Topliss-reactive ketones (excluding diaryl/α,β-unsaturated/α-hetero) is 1. The number of rotatable bonds is 34. The SMILES string of the molecule is CCCCCCCCOC(=O)C[N+](CC(=O)OCCCCCCCC)=C1N=C/C(=C2/C(=O)C(c3cnc(N(CCCCCCCC)CCCCCCCC)cn3)=C2[O-])N=C1C. The van der Waals surface area contributed by atoms with E-state index in [-0.39, 0.29) is 41.5 Å². The number of hydrogen-bond acceptors (Lipinski definition) is 10. The van der Waals surface area contributed by atoms with E-state index >= 15 is 0 Å². The van der Waals surface area contributed by atoms with Gasteiger partial charge in [-0.2, -0.15) is 0 Å². The summed E-state index contributed by atoms with van der Waals surface area (Å²) in [6.45, 7) is 12.4. The molecule has 1 aromatic rings. The molecule has 3 rings (SSSR count). The van der Waals surface area contributed by atoms with Gasteiger partial charge in [0.05, 0.1) is 31.3 Å². The molecule has 0 amide bonds. The molecule has 0 bridgehead atoms. The first kappa shape index (κ1) is 51.1. The predicted octanol–water partition coefficient (Wildman–Crippen LogP) is 9.68. The molecule has 340 valence electrons. The number of carbonyl (C=O) groups is 3. The van der Waals surface area contributed by atoms with Crippen LogP contribution in [0.5, 0.6) is 0 Å². The van der Waals surface area contributed by atoms with E-state index in [0.29, 0.717) is 18.9 Å². The Hall–Kier alpha value is -4.22. The first-order valence-electron chi connectivity index (χ1n) is 24.1. The van der Waals surface area contributed by atoms with E-state index in [2.05, 4.69) is 47.6 Å². The molecule has 0 unspecified atom stereocenters. The number of aliphatic imine (C=N–C) groups is 2. The Morgan fingerprint density at radius 2 is 1.08 bits per heavy atom. The smallest absolute Gasteiger partial charge is 0.348 e. The number of hydrogen-bond donors (Lipinski definition) is 0. The zero-order chi connectivity index (χ0) is 44.1. The lowest BCUT2D eigenvalue weighted by Crippen LogP contribution is -2.37. The van der Waals surface area contributed by atoms with E-state index in [0.717, 1.165) is 70.3 Å². The molecule has 0 saturated carbocycles.